The predicted molar refractivity (Wildman–Crippen MR) is 112 cm³/mol. The third-order valence-corrected chi connectivity index (χ3v) is 5.09. The molecule has 0 saturated heterocycles. The van der Waals surface area contributed by atoms with Crippen molar-refractivity contribution < 1.29 is 19.1 Å². The van der Waals surface area contributed by atoms with Crippen molar-refractivity contribution in [1.82, 2.24) is 9.78 Å². The van der Waals surface area contributed by atoms with Crippen LogP contribution in [0.25, 0.3) is 5.69 Å². The fraction of sp³-hybridized carbons (Fsp3) is 0.261. The molecule has 30 heavy (non-hydrogen) atoms. The molecule has 1 aromatic heterocycles. The molecule has 154 valence electrons. The maximum atomic E-state index is 12.6. The van der Waals surface area contributed by atoms with Gasteiger partial charge in [-0.15, -0.1) is 0 Å². The van der Waals surface area contributed by atoms with Gasteiger partial charge in [0.2, 0.25) is 0 Å². The van der Waals surface area contributed by atoms with Crippen molar-refractivity contribution in [2.24, 2.45) is 0 Å². The van der Waals surface area contributed by atoms with Crippen molar-refractivity contribution in [1.29, 1.82) is 0 Å². The lowest BCUT2D eigenvalue weighted by atomic mass is 10.2. The minimum Gasteiger partial charge on any atom is -0.493 e. The molecule has 0 bridgehead atoms. The molecule has 0 atom stereocenters. The van der Waals surface area contributed by atoms with Crippen LogP contribution in [0.1, 0.15) is 36.0 Å². The molecule has 1 N–H and O–H groups in total. The van der Waals surface area contributed by atoms with Crippen molar-refractivity contribution in [2.75, 3.05) is 12.4 Å². The molecule has 7 heteroatoms. The van der Waals surface area contributed by atoms with Gasteiger partial charge in [-0.25, -0.2) is 4.68 Å². The minimum absolute atomic E-state index is 0.148. The van der Waals surface area contributed by atoms with Gasteiger partial charge in [0.05, 0.1) is 30.7 Å². The van der Waals surface area contributed by atoms with Crippen LogP contribution in [0.2, 0.25) is 0 Å². The molecular weight excluding hydrogens is 382 g/mol. The number of benzene rings is 2. The van der Waals surface area contributed by atoms with Crippen molar-refractivity contribution in [3.05, 3.63) is 66.5 Å². The Hall–Kier alpha value is -3.61. The highest BCUT2D eigenvalue weighted by atomic mass is 16.5. The highest BCUT2D eigenvalue weighted by Gasteiger charge is 2.21. The van der Waals surface area contributed by atoms with Gasteiger partial charge in [-0.1, -0.05) is 18.2 Å². The van der Waals surface area contributed by atoms with Crippen LogP contribution < -0.4 is 14.8 Å². The van der Waals surface area contributed by atoms with Crippen LogP contribution >= 0.6 is 0 Å². The third kappa shape index (κ3) is 4.35. The molecule has 1 saturated carbocycles. The molecule has 1 heterocycles. The average Bonchev–Trinajstić information content (AvgIpc) is 3.46. The topological polar surface area (TPSA) is 82.5 Å². The van der Waals surface area contributed by atoms with Crippen LogP contribution in [0.5, 0.6) is 11.5 Å². The maximum absolute atomic E-state index is 12.6. The van der Waals surface area contributed by atoms with Gasteiger partial charge in [-0.05, 0) is 49.9 Å². The Balaban J connectivity index is 1.46. The summed E-state index contributed by atoms with van der Waals surface area (Å²) in [6.07, 6.45) is 7.38. The fourth-order valence-electron chi connectivity index (χ4n) is 3.51. The highest BCUT2D eigenvalue weighted by molar-refractivity contribution is 6.46. The van der Waals surface area contributed by atoms with Gasteiger partial charge >= 0.3 is 0 Å². The van der Waals surface area contributed by atoms with E-state index in [1.54, 1.807) is 36.2 Å². The quantitative estimate of drug-likeness (QED) is 0.474. The zero-order valence-electron chi connectivity index (χ0n) is 16.7. The van der Waals surface area contributed by atoms with Gasteiger partial charge < -0.3 is 14.8 Å². The predicted octanol–water partition coefficient (Wildman–Crippen LogP) is 4.02. The number of carbonyl (C=O) groups excluding carboxylic acids is 2. The number of nitrogens with one attached hydrogen (secondary N) is 1. The summed E-state index contributed by atoms with van der Waals surface area (Å²) in [5.74, 6) is -0.243. The van der Waals surface area contributed by atoms with Gasteiger partial charge in [-0.3, -0.25) is 9.59 Å². The van der Waals surface area contributed by atoms with Gasteiger partial charge in [0, 0.05) is 18.0 Å². The summed E-state index contributed by atoms with van der Waals surface area (Å²) in [4.78, 5) is 25.1. The van der Waals surface area contributed by atoms with Crippen LogP contribution in [-0.4, -0.2) is 34.7 Å². The van der Waals surface area contributed by atoms with E-state index in [2.05, 4.69) is 10.4 Å². The Kier molecular flexibility index (Phi) is 5.79. The van der Waals surface area contributed by atoms with Crippen molar-refractivity contribution in [3.63, 3.8) is 0 Å². The van der Waals surface area contributed by atoms with E-state index in [1.165, 1.54) is 6.20 Å². The maximum Gasteiger partial charge on any atom is 0.296 e. The largest absolute Gasteiger partial charge is 0.493 e. The lowest BCUT2D eigenvalue weighted by molar-refractivity contribution is -0.112. The first-order valence-corrected chi connectivity index (χ1v) is 9.94. The molecule has 3 aromatic rings. The lowest BCUT2D eigenvalue weighted by Crippen LogP contribution is -2.22. The number of ketones is 1. The van der Waals surface area contributed by atoms with Crippen molar-refractivity contribution in [3.8, 4) is 17.2 Å². The van der Waals surface area contributed by atoms with Gasteiger partial charge in [0.15, 0.2) is 11.5 Å². The fourth-order valence-corrected chi connectivity index (χ4v) is 3.51. The Morgan fingerprint density at radius 1 is 1.07 bits per heavy atom. The number of para-hydroxylation sites is 1. The van der Waals surface area contributed by atoms with E-state index < -0.39 is 11.7 Å². The zero-order valence-corrected chi connectivity index (χ0v) is 16.7. The Morgan fingerprint density at radius 2 is 1.83 bits per heavy atom. The number of hydrogen-bond donors (Lipinski definition) is 1. The average molecular weight is 405 g/mol. The number of Topliss-reactive ketones (excluding diaryl/α,β-unsaturated/α-hetero) is 1. The summed E-state index contributed by atoms with van der Waals surface area (Å²) in [7, 11) is 1.57. The number of rotatable bonds is 7. The summed E-state index contributed by atoms with van der Waals surface area (Å²) < 4.78 is 13.0. The molecular formula is C23H23N3O4. The van der Waals surface area contributed by atoms with Crippen LogP contribution in [0.15, 0.2) is 60.9 Å². The Morgan fingerprint density at radius 3 is 2.57 bits per heavy atom. The minimum atomic E-state index is -0.736. The molecule has 7 nitrogen and oxygen atoms in total. The molecule has 1 amide bonds. The summed E-state index contributed by atoms with van der Waals surface area (Å²) in [5, 5.41) is 6.82. The van der Waals surface area contributed by atoms with E-state index in [4.69, 9.17) is 9.47 Å². The van der Waals surface area contributed by atoms with E-state index >= 15 is 0 Å². The number of anilines is 1. The third-order valence-electron chi connectivity index (χ3n) is 5.09. The number of methoxy groups -OCH3 is 1. The molecule has 1 aliphatic carbocycles. The molecule has 0 radical (unpaired) electrons. The molecule has 0 spiro atoms. The number of ether oxygens (including phenoxy) is 2. The summed E-state index contributed by atoms with van der Waals surface area (Å²) >= 11 is 0. The first-order valence-electron chi connectivity index (χ1n) is 9.94. The van der Waals surface area contributed by atoms with Gasteiger partial charge in [0.25, 0.3) is 11.7 Å². The second-order valence-electron chi connectivity index (χ2n) is 7.18. The summed E-state index contributed by atoms with van der Waals surface area (Å²) in [6, 6.07) is 14.5. The van der Waals surface area contributed by atoms with Crippen LogP contribution in [0, 0.1) is 0 Å². The monoisotopic (exact) mass is 405 g/mol. The smallest absolute Gasteiger partial charge is 0.296 e. The SMILES string of the molecule is COc1ccc(NC(=O)C(=O)c2cnn(-c3ccccc3)c2)cc1OC1CCCC1. The first-order chi connectivity index (χ1) is 14.6. The number of hydrogen-bond acceptors (Lipinski definition) is 5. The molecule has 0 unspecified atom stereocenters. The van der Waals surface area contributed by atoms with Crippen LogP contribution in [0.4, 0.5) is 5.69 Å². The highest BCUT2D eigenvalue weighted by Crippen LogP contribution is 2.34. The van der Waals surface area contributed by atoms with E-state index in [0.717, 1.165) is 31.4 Å². The van der Waals surface area contributed by atoms with E-state index in [9.17, 15) is 9.59 Å². The standard InChI is InChI=1S/C23H23N3O4/c1-29-20-12-11-17(13-21(20)30-19-9-5-6-10-19)25-23(28)22(27)16-14-24-26(15-16)18-7-3-2-4-8-18/h2-4,7-8,11-15,19H,5-6,9-10H2,1H3,(H,25,28). The molecule has 4 rings (SSSR count). The number of aromatic nitrogens is 2. The van der Waals surface area contributed by atoms with Crippen molar-refractivity contribution in [2.45, 2.75) is 31.8 Å². The molecule has 1 aliphatic rings. The normalized spacial score (nSPS) is 13.8. The summed E-state index contributed by atoms with van der Waals surface area (Å²) in [5.41, 5.74) is 1.49. The number of nitrogens with zero attached hydrogens (tertiary/aromatic N) is 2. The Labute approximate surface area is 174 Å². The molecule has 1 fully saturated rings. The number of amides is 1. The van der Waals surface area contributed by atoms with E-state index in [-0.39, 0.29) is 11.7 Å². The lowest BCUT2D eigenvalue weighted by Gasteiger charge is -2.17. The van der Waals surface area contributed by atoms with Crippen LogP contribution in [0.3, 0.4) is 0 Å². The van der Waals surface area contributed by atoms with E-state index in [0.29, 0.717) is 17.2 Å². The Bertz CT molecular complexity index is 1040. The van der Waals surface area contributed by atoms with Gasteiger partial charge in [-0.2, -0.15) is 5.10 Å². The molecule has 2 aromatic carbocycles. The second-order valence-corrected chi connectivity index (χ2v) is 7.18. The molecule has 0 aliphatic heterocycles. The number of carbonyl (C=O) groups is 2. The van der Waals surface area contributed by atoms with Gasteiger partial charge in [0.1, 0.15) is 0 Å². The zero-order chi connectivity index (χ0) is 20.9. The van der Waals surface area contributed by atoms with Crippen LogP contribution in [-0.2, 0) is 4.79 Å². The first kappa shape index (κ1) is 19.7. The van der Waals surface area contributed by atoms with E-state index in [1.807, 2.05) is 30.3 Å². The summed E-state index contributed by atoms with van der Waals surface area (Å²) in [6.45, 7) is 0. The van der Waals surface area contributed by atoms with Crippen molar-refractivity contribution >= 4 is 17.4 Å². The second kappa shape index (κ2) is 8.82.